The van der Waals surface area contributed by atoms with Crippen molar-refractivity contribution in [2.24, 2.45) is 0 Å². The second kappa shape index (κ2) is 12.4. The number of likely N-dealkylation sites (tertiary alicyclic amines) is 1. The average Bonchev–Trinajstić information content (AvgIpc) is 2.90. The van der Waals surface area contributed by atoms with Crippen LogP contribution in [0.4, 0.5) is 4.79 Å². The summed E-state index contributed by atoms with van der Waals surface area (Å²) in [5, 5.41) is 9.22. The lowest BCUT2D eigenvalue weighted by Gasteiger charge is -2.34. The summed E-state index contributed by atoms with van der Waals surface area (Å²) in [7, 11) is 0. The van der Waals surface area contributed by atoms with Crippen LogP contribution in [0.5, 0.6) is 0 Å². The molecule has 4 rings (SSSR count). The Morgan fingerprint density at radius 3 is 2.03 bits per heavy atom. The largest absolute Gasteiger partial charge is 0.351 e. The van der Waals surface area contributed by atoms with E-state index in [4.69, 9.17) is 0 Å². The molecule has 2 aromatic rings. The zero-order chi connectivity index (χ0) is 24.5. The molecule has 2 aromatic carbocycles. The fourth-order valence-electron chi connectivity index (χ4n) is 4.93. The van der Waals surface area contributed by atoms with Gasteiger partial charge >= 0.3 is 6.03 Å². The Kier molecular flexibility index (Phi) is 8.76. The maximum atomic E-state index is 13.2. The summed E-state index contributed by atoms with van der Waals surface area (Å²) < 4.78 is 0. The highest BCUT2D eigenvalue weighted by Crippen LogP contribution is 2.18. The molecule has 7 heteroatoms. The van der Waals surface area contributed by atoms with Crippen molar-refractivity contribution in [3.63, 3.8) is 0 Å². The number of urea groups is 1. The normalized spacial score (nSPS) is 17.9. The minimum Gasteiger partial charge on any atom is -0.351 e. The molecule has 0 spiro atoms. The standard InChI is InChI=1S/C28H36N4O3/c33-26(22-12-6-2-7-13-22)31-25(20-21-10-4-1-5-11-21)27(34)29-24-16-18-32(19-17-24)28(35)30-23-14-8-3-9-15-23/h1-2,4-7,10-13,23-25H,3,8-9,14-20H2,(H,29,34)(H,30,35)(H,31,33). The first kappa shape index (κ1) is 24.8. The van der Waals surface area contributed by atoms with Crippen molar-refractivity contribution in [3.8, 4) is 0 Å². The van der Waals surface area contributed by atoms with Crippen LogP contribution in [0.1, 0.15) is 60.9 Å². The Hall–Kier alpha value is -3.35. The van der Waals surface area contributed by atoms with Crippen molar-refractivity contribution >= 4 is 17.8 Å². The number of piperidine rings is 1. The minimum absolute atomic E-state index is 0.0127. The molecule has 186 valence electrons. The zero-order valence-electron chi connectivity index (χ0n) is 20.2. The molecule has 1 unspecified atom stereocenters. The Balaban J connectivity index is 1.31. The van der Waals surface area contributed by atoms with Crippen molar-refractivity contribution in [1.82, 2.24) is 20.9 Å². The predicted molar refractivity (Wildman–Crippen MR) is 136 cm³/mol. The van der Waals surface area contributed by atoms with Crippen LogP contribution < -0.4 is 16.0 Å². The number of carbonyl (C=O) groups excluding carboxylic acids is 3. The molecule has 2 fully saturated rings. The lowest BCUT2D eigenvalue weighted by Crippen LogP contribution is -2.54. The molecule has 4 amide bonds. The fraction of sp³-hybridized carbons (Fsp3) is 0.464. The van der Waals surface area contributed by atoms with Gasteiger partial charge in [0.05, 0.1) is 0 Å². The molecule has 1 aliphatic carbocycles. The highest BCUT2D eigenvalue weighted by Gasteiger charge is 2.28. The van der Waals surface area contributed by atoms with Gasteiger partial charge in [-0.1, -0.05) is 67.8 Å². The quantitative estimate of drug-likeness (QED) is 0.570. The van der Waals surface area contributed by atoms with Crippen molar-refractivity contribution in [1.29, 1.82) is 0 Å². The maximum Gasteiger partial charge on any atom is 0.317 e. The van der Waals surface area contributed by atoms with Crippen LogP contribution in [0.15, 0.2) is 60.7 Å². The number of benzene rings is 2. The van der Waals surface area contributed by atoms with Gasteiger partial charge in [-0.25, -0.2) is 4.79 Å². The van der Waals surface area contributed by atoms with Crippen molar-refractivity contribution in [2.45, 2.75) is 69.5 Å². The highest BCUT2D eigenvalue weighted by molar-refractivity contribution is 5.97. The molecule has 0 bridgehead atoms. The van der Waals surface area contributed by atoms with Crippen LogP contribution in [0, 0.1) is 0 Å². The third-order valence-corrected chi connectivity index (χ3v) is 7.00. The lowest BCUT2D eigenvalue weighted by molar-refractivity contribution is -0.123. The Bertz CT molecular complexity index is 968. The van der Waals surface area contributed by atoms with Crippen LogP contribution in [0.2, 0.25) is 0 Å². The van der Waals surface area contributed by atoms with Crippen LogP contribution >= 0.6 is 0 Å². The van der Waals surface area contributed by atoms with Crippen LogP contribution in [-0.4, -0.2) is 54.0 Å². The van der Waals surface area contributed by atoms with Crippen LogP contribution in [0.25, 0.3) is 0 Å². The molecule has 7 nitrogen and oxygen atoms in total. The molecule has 1 heterocycles. The highest BCUT2D eigenvalue weighted by atomic mass is 16.2. The van der Waals surface area contributed by atoms with Crippen LogP contribution in [0.3, 0.4) is 0 Å². The van der Waals surface area contributed by atoms with E-state index in [0.29, 0.717) is 44.0 Å². The molecule has 1 saturated heterocycles. The van der Waals surface area contributed by atoms with Crippen molar-refractivity contribution in [2.75, 3.05) is 13.1 Å². The van der Waals surface area contributed by atoms with E-state index in [-0.39, 0.29) is 23.9 Å². The summed E-state index contributed by atoms with van der Waals surface area (Å²) in [6.45, 7) is 1.23. The summed E-state index contributed by atoms with van der Waals surface area (Å²) in [4.78, 5) is 40.5. The fourth-order valence-corrected chi connectivity index (χ4v) is 4.93. The molecule has 1 aliphatic heterocycles. The number of nitrogens with zero attached hydrogens (tertiary/aromatic N) is 1. The molecule has 1 saturated carbocycles. The minimum atomic E-state index is -0.683. The Labute approximate surface area is 207 Å². The van der Waals surface area contributed by atoms with E-state index in [0.717, 1.165) is 18.4 Å². The van der Waals surface area contributed by atoms with E-state index in [1.54, 1.807) is 24.3 Å². The number of hydrogen-bond acceptors (Lipinski definition) is 3. The third kappa shape index (κ3) is 7.31. The van der Waals surface area contributed by atoms with E-state index >= 15 is 0 Å². The van der Waals surface area contributed by atoms with Gasteiger partial charge in [-0.05, 0) is 43.4 Å². The number of carbonyl (C=O) groups is 3. The predicted octanol–water partition coefficient (Wildman–Crippen LogP) is 3.65. The first-order chi connectivity index (χ1) is 17.1. The van der Waals surface area contributed by atoms with Gasteiger partial charge in [-0.2, -0.15) is 0 Å². The van der Waals surface area contributed by atoms with Gasteiger partial charge in [0.25, 0.3) is 5.91 Å². The van der Waals surface area contributed by atoms with Crippen molar-refractivity contribution in [3.05, 3.63) is 71.8 Å². The SMILES string of the molecule is O=C(NC(Cc1ccccc1)C(=O)NC1CCN(C(=O)NC2CCCCC2)CC1)c1ccccc1. The van der Waals surface area contributed by atoms with Gasteiger partial charge in [-0.3, -0.25) is 9.59 Å². The first-order valence-corrected chi connectivity index (χ1v) is 12.8. The van der Waals surface area contributed by atoms with Gasteiger partial charge in [0.2, 0.25) is 5.91 Å². The van der Waals surface area contributed by atoms with Gasteiger partial charge in [-0.15, -0.1) is 0 Å². The topological polar surface area (TPSA) is 90.5 Å². The molecule has 35 heavy (non-hydrogen) atoms. The number of amides is 4. The van der Waals surface area contributed by atoms with E-state index in [9.17, 15) is 14.4 Å². The monoisotopic (exact) mass is 476 g/mol. The molecule has 1 atom stereocenters. The molecule has 2 aliphatic rings. The third-order valence-electron chi connectivity index (χ3n) is 7.00. The molecule has 3 N–H and O–H groups in total. The maximum absolute atomic E-state index is 13.2. The summed E-state index contributed by atoms with van der Waals surface area (Å²) in [5.41, 5.74) is 1.51. The first-order valence-electron chi connectivity index (χ1n) is 12.8. The Morgan fingerprint density at radius 1 is 0.771 bits per heavy atom. The summed E-state index contributed by atoms with van der Waals surface area (Å²) in [6, 6.07) is 18.2. The average molecular weight is 477 g/mol. The number of hydrogen-bond donors (Lipinski definition) is 3. The van der Waals surface area contributed by atoms with Gasteiger partial charge in [0, 0.05) is 37.2 Å². The second-order valence-corrected chi connectivity index (χ2v) is 9.64. The van der Waals surface area contributed by atoms with E-state index < -0.39 is 6.04 Å². The summed E-state index contributed by atoms with van der Waals surface area (Å²) in [6.07, 6.45) is 7.57. The van der Waals surface area contributed by atoms with E-state index in [1.807, 2.05) is 41.3 Å². The second-order valence-electron chi connectivity index (χ2n) is 9.64. The smallest absolute Gasteiger partial charge is 0.317 e. The number of rotatable bonds is 7. The van der Waals surface area contributed by atoms with Crippen LogP contribution in [-0.2, 0) is 11.2 Å². The summed E-state index contributed by atoms with van der Waals surface area (Å²) in [5.74, 6) is -0.459. The van der Waals surface area contributed by atoms with Gasteiger partial charge < -0.3 is 20.9 Å². The summed E-state index contributed by atoms with van der Waals surface area (Å²) >= 11 is 0. The molecular formula is C28H36N4O3. The zero-order valence-corrected chi connectivity index (χ0v) is 20.2. The van der Waals surface area contributed by atoms with E-state index in [1.165, 1.54) is 19.3 Å². The van der Waals surface area contributed by atoms with Crippen molar-refractivity contribution < 1.29 is 14.4 Å². The molecular weight excluding hydrogens is 440 g/mol. The van der Waals surface area contributed by atoms with Gasteiger partial charge in [0.15, 0.2) is 0 Å². The Morgan fingerprint density at radius 2 is 1.37 bits per heavy atom. The van der Waals surface area contributed by atoms with E-state index in [2.05, 4.69) is 16.0 Å². The lowest BCUT2D eigenvalue weighted by atomic mass is 9.95. The van der Waals surface area contributed by atoms with Gasteiger partial charge in [0.1, 0.15) is 6.04 Å². The molecule has 0 radical (unpaired) electrons. The number of nitrogens with one attached hydrogen (secondary N) is 3. The molecule has 0 aromatic heterocycles.